The standard InChI is InChI=1S/C10H9BrFN3O/c1-16-9-7(12)3-2-6(11)8(9)5-4-14-15-10(5)13/h2-4H,1H3,(H3,13,14,15). The highest BCUT2D eigenvalue weighted by Gasteiger charge is 2.17. The molecule has 3 N–H and O–H groups in total. The van der Waals surface area contributed by atoms with Crippen LogP contribution in [0.2, 0.25) is 0 Å². The largest absolute Gasteiger partial charge is 0.493 e. The minimum absolute atomic E-state index is 0.141. The van der Waals surface area contributed by atoms with E-state index < -0.39 is 5.82 Å². The molecular weight excluding hydrogens is 277 g/mol. The van der Waals surface area contributed by atoms with Gasteiger partial charge in [0.1, 0.15) is 5.82 Å². The average Bonchev–Trinajstić information content (AvgIpc) is 2.67. The predicted octanol–water partition coefficient (Wildman–Crippen LogP) is 2.57. The molecule has 1 heterocycles. The lowest BCUT2D eigenvalue weighted by Gasteiger charge is -2.10. The van der Waals surface area contributed by atoms with Gasteiger partial charge in [-0.15, -0.1) is 0 Å². The van der Waals surface area contributed by atoms with Gasteiger partial charge in [-0.05, 0) is 12.1 Å². The third kappa shape index (κ3) is 1.65. The molecule has 0 fully saturated rings. The molecular formula is C10H9BrFN3O. The summed E-state index contributed by atoms with van der Waals surface area (Å²) in [7, 11) is 1.41. The summed E-state index contributed by atoms with van der Waals surface area (Å²) in [6.45, 7) is 0. The van der Waals surface area contributed by atoms with Gasteiger partial charge < -0.3 is 10.5 Å². The minimum atomic E-state index is -0.443. The first-order valence-corrected chi connectivity index (χ1v) is 5.25. The van der Waals surface area contributed by atoms with E-state index in [2.05, 4.69) is 26.1 Å². The van der Waals surface area contributed by atoms with Crippen LogP contribution in [0, 0.1) is 5.82 Å². The van der Waals surface area contributed by atoms with Gasteiger partial charge in [0, 0.05) is 15.6 Å². The Morgan fingerprint density at radius 3 is 2.81 bits per heavy atom. The molecule has 84 valence electrons. The second kappa shape index (κ2) is 4.13. The molecule has 4 nitrogen and oxygen atoms in total. The van der Waals surface area contributed by atoms with E-state index in [0.29, 0.717) is 21.4 Å². The summed E-state index contributed by atoms with van der Waals surface area (Å²) in [4.78, 5) is 0. The normalized spacial score (nSPS) is 10.4. The summed E-state index contributed by atoms with van der Waals surface area (Å²) in [5.41, 5.74) is 6.85. The number of aromatic amines is 1. The van der Waals surface area contributed by atoms with Gasteiger partial charge in [-0.1, -0.05) is 15.9 Å². The maximum atomic E-state index is 13.5. The predicted molar refractivity (Wildman–Crippen MR) is 62.6 cm³/mol. The van der Waals surface area contributed by atoms with Crippen LogP contribution in [0.5, 0.6) is 5.75 Å². The number of methoxy groups -OCH3 is 1. The number of nitrogens with two attached hydrogens (primary N) is 1. The minimum Gasteiger partial charge on any atom is -0.493 e. The van der Waals surface area contributed by atoms with Crippen molar-refractivity contribution in [3.63, 3.8) is 0 Å². The Kier molecular flexibility index (Phi) is 2.82. The van der Waals surface area contributed by atoms with Crippen molar-refractivity contribution in [1.82, 2.24) is 10.2 Å². The van der Waals surface area contributed by atoms with E-state index in [1.54, 1.807) is 6.07 Å². The molecule has 0 spiro atoms. The topological polar surface area (TPSA) is 63.9 Å². The van der Waals surface area contributed by atoms with E-state index in [4.69, 9.17) is 10.5 Å². The summed E-state index contributed by atoms with van der Waals surface area (Å²) in [5, 5.41) is 6.39. The van der Waals surface area contributed by atoms with E-state index in [-0.39, 0.29) is 5.75 Å². The number of ether oxygens (including phenoxy) is 1. The maximum Gasteiger partial charge on any atom is 0.165 e. The number of hydrogen-bond acceptors (Lipinski definition) is 3. The summed E-state index contributed by atoms with van der Waals surface area (Å²) in [5.74, 6) is 0.0633. The lowest BCUT2D eigenvalue weighted by atomic mass is 10.1. The van der Waals surface area contributed by atoms with Gasteiger partial charge in [-0.2, -0.15) is 5.10 Å². The molecule has 2 rings (SSSR count). The Labute approximate surface area is 99.7 Å². The van der Waals surface area contributed by atoms with Crippen molar-refractivity contribution in [2.45, 2.75) is 0 Å². The number of halogens is 2. The van der Waals surface area contributed by atoms with E-state index in [0.717, 1.165) is 0 Å². The molecule has 0 bridgehead atoms. The lowest BCUT2D eigenvalue weighted by molar-refractivity contribution is 0.388. The molecule has 0 saturated heterocycles. The van der Waals surface area contributed by atoms with Gasteiger partial charge >= 0.3 is 0 Å². The third-order valence-electron chi connectivity index (χ3n) is 2.20. The van der Waals surface area contributed by atoms with Crippen LogP contribution in [0.1, 0.15) is 0 Å². The summed E-state index contributed by atoms with van der Waals surface area (Å²) in [6, 6.07) is 2.92. The van der Waals surface area contributed by atoms with Gasteiger partial charge in [0.15, 0.2) is 11.6 Å². The van der Waals surface area contributed by atoms with Crippen LogP contribution in [0.25, 0.3) is 11.1 Å². The highest BCUT2D eigenvalue weighted by atomic mass is 79.9. The first kappa shape index (κ1) is 10.9. The number of hydrogen-bond donors (Lipinski definition) is 2. The van der Waals surface area contributed by atoms with Crippen molar-refractivity contribution in [3.05, 3.63) is 28.6 Å². The number of aromatic nitrogens is 2. The molecule has 0 saturated carbocycles. The molecule has 1 aromatic carbocycles. The molecule has 0 unspecified atom stereocenters. The van der Waals surface area contributed by atoms with E-state index in [1.807, 2.05) is 0 Å². The number of rotatable bonds is 2. The Morgan fingerprint density at radius 1 is 1.50 bits per heavy atom. The number of anilines is 1. The van der Waals surface area contributed by atoms with Crippen molar-refractivity contribution in [3.8, 4) is 16.9 Å². The van der Waals surface area contributed by atoms with Gasteiger partial charge in [-0.3, -0.25) is 5.10 Å². The first-order valence-electron chi connectivity index (χ1n) is 4.46. The molecule has 0 aliphatic rings. The zero-order chi connectivity index (χ0) is 11.7. The quantitative estimate of drug-likeness (QED) is 0.891. The van der Waals surface area contributed by atoms with Crippen molar-refractivity contribution < 1.29 is 9.13 Å². The second-order valence-corrected chi connectivity index (χ2v) is 3.99. The maximum absolute atomic E-state index is 13.5. The smallest absolute Gasteiger partial charge is 0.165 e. The highest BCUT2D eigenvalue weighted by Crippen LogP contribution is 2.40. The lowest BCUT2D eigenvalue weighted by Crippen LogP contribution is -1.95. The van der Waals surface area contributed by atoms with Crippen molar-refractivity contribution in [2.24, 2.45) is 0 Å². The zero-order valence-electron chi connectivity index (χ0n) is 8.42. The summed E-state index contributed by atoms with van der Waals surface area (Å²) in [6.07, 6.45) is 1.53. The number of H-pyrrole nitrogens is 1. The van der Waals surface area contributed by atoms with Gasteiger partial charge in [0.2, 0.25) is 0 Å². The monoisotopic (exact) mass is 285 g/mol. The molecule has 0 radical (unpaired) electrons. The van der Waals surface area contributed by atoms with E-state index in [1.165, 1.54) is 19.4 Å². The fourth-order valence-corrected chi connectivity index (χ4v) is 2.00. The first-order chi connectivity index (χ1) is 7.65. The van der Waals surface area contributed by atoms with E-state index in [9.17, 15) is 4.39 Å². The van der Waals surface area contributed by atoms with Crippen molar-refractivity contribution in [2.75, 3.05) is 12.8 Å². The number of benzene rings is 1. The Morgan fingerprint density at radius 2 is 2.25 bits per heavy atom. The van der Waals surface area contributed by atoms with Crippen LogP contribution in [-0.2, 0) is 0 Å². The second-order valence-electron chi connectivity index (χ2n) is 3.13. The molecule has 0 aliphatic carbocycles. The molecule has 0 amide bonds. The van der Waals surface area contributed by atoms with Gasteiger partial charge in [0.05, 0.1) is 13.3 Å². The fraction of sp³-hybridized carbons (Fsp3) is 0.100. The molecule has 6 heteroatoms. The summed E-state index contributed by atoms with van der Waals surface area (Å²) >= 11 is 3.33. The van der Waals surface area contributed by atoms with Crippen LogP contribution in [0.3, 0.4) is 0 Å². The number of nitrogen functional groups attached to an aromatic ring is 1. The van der Waals surface area contributed by atoms with Gasteiger partial charge in [0.25, 0.3) is 0 Å². The Bertz CT molecular complexity index is 527. The number of nitrogens with zero attached hydrogens (tertiary/aromatic N) is 1. The molecule has 0 aliphatic heterocycles. The van der Waals surface area contributed by atoms with Crippen LogP contribution < -0.4 is 10.5 Å². The summed E-state index contributed by atoms with van der Waals surface area (Å²) < 4.78 is 19.3. The SMILES string of the molecule is COc1c(F)ccc(Br)c1-c1cn[nH]c1N. The van der Waals surface area contributed by atoms with Crippen molar-refractivity contribution in [1.29, 1.82) is 0 Å². The molecule has 1 aromatic heterocycles. The Balaban J connectivity index is 2.73. The number of nitrogens with one attached hydrogen (secondary N) is 1. The third-order valence-corrected chi connectivity index (χ3v) is 2.86. The molecule has 16 heavy (non-hydrogen) atoms. The molecule has 0 atom stereocenters. The van der Waals surface area contributed by atoms with Crippen LogP contribution in [0.15, 0.2) is 22.8 Å². The van der Waals surface area contributed by atoms with Crippen molar-refractivity contribution >= 4 is 21.7 Å². The van der Waals surface area contributed by atoms with E-state index >= 15 is 0 Å². The van der Waals surface area contributed by atoms with Crippen LogP contribution in [0.4, 0.5) is 10.2 Å². The zero-order valence-corrected chi connectivity index (χ0v) is 10.0. The molecule has 2 aromatic rings. The van der Waals surface area contributed by atoms with Gasteiger partial charge in [-0.25, -0.2) is 4.39 Å². The average molecular weight is 286 g/mol. The Hall–Kier alpha value is -1.56. The highest BCUT2D eigenvalue weighted by molar-refractivity contribution is 9.10. The fourth-order valence-electron chi connectivity index (χ4n) is 1.48. The van der Waals surface area contributed by atoms with Crippen LogP contribution in [-0.4, -0.2) is 17.3 Å². The van der Waals surface area contributed by atoms with Crippen LogP contribution >= 0.6 is 15.9 Å².